The van der Waals surface area contributed by atoms with Crippen LogP contribution < -0.4 is 21.2 Å². The summed E-state index contributed by atoms with van der Waals surface area (Å²) < 4.78 is 2.99. The van der Waals surface area contributed by atoms with Crippen molar-refractivity contribution in [3.63, 3.8) is 0 Å². The Kier molecular flexibility index (Phi) is 4.67. The molecule has 1 heteroatoms. The zero-order valence-corrected chi connectivity index (χ0v) is 14.4. The molecule has 0 saturated carbocycles. The third-order valence-corrected chi connectivity index (χ3v) is 6.42. The Morgan fingerprint density at radius 1 is 0.842 bits per heavy atom. The first-order chi connectivity index (χ1) is 9.01. The van der Waals surface area contributed by atoms with Crippen LogP contribution in [0.3, 0.4) is 0 Å². The summed E-state index contributed by atoms with van der Waals surface area (Å²) in [5.41, 5.74) is 3.08. The molecular formula is C18H22I-. The van der Waals surface area contributed by atoms with Gasteiger partial charge in [0.1, 0.15) is 0 Å². The Labute approximate surface area is 127 Å². The Morgan fingerprint density at radius 3 is 1.79 bits per heavy atom. The van der Waals surface area contributed by atoms with Crippen molar-refractivity contribution in [1.29, 1.82) is 0 Å². The normalized spacial score (nSPS) is 11.8. The van der Waals surface area contributed by atoms with Crippen LogP contribution in [0.1, 0.15) is 38.3 Å². The molecule has 0 bridgehead atoms. The van der Waals surface area contributed by atoms with E-state index in [1.165, 1.54) is 24.7 Å². The van der Waals surface area contributed by atoms with Gasteiger partial charge in [-0.3, -0.25) is 0 Å². The number of hydrogen-bond acceptors (Lipinski definition) is 0. The molecule has 0 N–H and O–H groups in total. The van der Waals surface area contributed by atoms with Crippen LogP contribution >= 0.6 is 0 Å². The molecule has 0 spiro atoms. The van der Waals surface area contributed by atoms with E-state index in [1.807, 2.05) is 0 Å². The number of halogens is 1. The van der Waals surface area contributed by atoms with Crippen molar-refractivity contribution in [3.05, 3.63) is 66.8 Å². The van der Waals surface area contributed by atoms with Gasteiger partial charge in [0.15, 0.2) is 0 Å². The Balaban J connectivity index is 2.13. The summed E-state index contributed by atoms with van der Waals surface area (Å²) in [4.78, 5) is 0. The summed E-state index contributed by atoms with van der Waals surface area (Å²) in [6, 6.07) is 18.2. The summed E-state index contributed by atoms with van der Waals surface area (Å²) in [5, 5.41) is 0. The van der Waals surface area contributed by atoms with Gasteiger partial charge in [-0.15, -0.1) is 0 Å². The van der Waals surface area contributed by atoms with Crippen LogP contribution in [-0.2, 0) is 5.41 Å². The van der Waals surface area contributed by atoms with Gasteiger partial charge < -0.3 is 0 Å². The molecule has 0 aliphatic carbocycles. The van der Waals surface area contributed by atoms with Crippen molar-refractivity contribution in [3.8, 4) is 0 Å². The van der Waals surface area contributed by atoms with E-state index in [-0.39, 0.29) is 21.2 Å². The van der Waals surface area contributed by atoms with E-state index in [0.29, 0.717) is 5.41 Å². The maximum atomic E-state index is 2.32. The second kappa shape index (κ2) is 6.08. The fourth-order valence-corrected chi connectivity index (χ4v) is 4.05. The zero-order chi connectivity index (χ0) is 13.9. The molecule has 0 aromatic heterocycles. The molecule has 0 atom stereocenters. The third kappa shape index (κ3) is 3.82. The minimum atomic E-state index is -0.0381. The van der Waals surface area contributed by atoms with E-state index in [4.69, 9.17) is 0 Å². The maximum absolute atomic E-state index is 2.32. The van der Waals surface area contributed by atoms with Crippen LogP contribution in [0.2, 0.25) is 0 Å². The van der Waals surface area contributed by atoms with Gasteiger partial charge in [-0.25, -0.2) is 0 Å². The van der Waals surface area contributed by atoms with E-state index in [9.17, 15) is 0 Å². The quantitative estimate of drug-likeness (QED) is 0.726. The zero-order valence-electron chi connectivity index (χ0n) is 12.2. The summed E-state index contributed by atoms with van der Waals surface area (Å²) in [5.74, 6) is 0. The van der Waals surface area contributed by atoms with E-state index >= 15 is 0 Å². The molecule has 0 fully saturated rings. The van der Waals surface area contributed by atoms with Crippen molar-refractivity contribution in [2.45, 2.75) is 39.5 Å². The second-order valence-electron chi connectivity index (χ2n) is 5.63. The molecule has 0 amide bonds. The van der Waals surface area contributed by atoms with Crippen molar-refractivity contribution in [2.75, 3.05) is 0 Å². The first kappa shape index (κ1) is 14.6. The predicted molar refractivity (Wildman–Crippen MR) is 78.3 cm³/mol. The molecule has 2 rings (SSSR count). The number of rotatable bonds is 4. The van der Waals surface area contributed by atoms with Crippen LogP contribution in [-0.4, -0.2) is 0 Å². The Bertz CT molecular complexity index is 521. The van der Waals surface area contributed by atoms with Gasteiger partial charge in [0, 0.05) is 0 Å². The van der Waals surface area contributed by atoms with Gasteiger partial charge in [0.25, 0.3) is 0 Å². The van der Waals surface area contributed by atoms with Crippen LogP contribution in [0.25, 0.3) is 0 Å². The third-order valence-electron chi connectivity index (χ3n) is 3.74. The standard InChI is InChI=1S/C18H22I/c1-5-18(3,4)15-8-12-17(13-9-15)19-16-10-6-14(2)7-11-16/h6-13H,5H2,1-4H3/q-1. The number of hydrogen-bond donors (Lipinski definition) is 0. The molecule has 2 aromatic rings. The van der Waals surface area contributed by atoms with Crippen LogP contribution in [0.5, 0.6) is 0 Å². The summed E-state index contributed by atoms with van der Waals surface area (Å²) in [6.07, 6.45) is 1.18. The SMILES string of the molecule is CCC(C)(C)c1ccc([I-]c2ccc(C)cc2)cc1. The predicted octanol–water partition coefficient (Wildman–Crippen LogP) is 1.81. The average molecular weight is 365 g/mol. The van der Waals surface area contributed by atoms with Gasteiger partial charge in [0.2, 0.25) is 0 Å². The van der Waals surface area contributed by atoms with E-state index in [1.54, 1.807) is 0 Å². The molecule has 0 unspecified atom stereocenters. The molecular weight excluding hydrogens is 343 g/mol. The number of benzene rings is 2. The molecule has 2 aromatic carbocycles. The molecule has 0 aliphatic rings. The average Bonchev–Trinajstić information content (AvgIpc) is 2.42. The van der Waals surface area contributed by atoms with Crippen LogP contribution in [0.4, 0.5) is 0 Å². The van der Waals surface area contributed by atoms with Crippen LogP contribution in [0.15, 0.2) is 48.5 Å². The summed E-state index contributed by atoms with van der Waals surface area (Å²) in [6.45, 7) is 9.03. The van der Waals surface area contributed by atoms with Gasteiger partial charge >= 0.3 is 128 Å². The fourth-order valence-electron chi connectivity index (χ4n) is 1.89. The molecule has 102 valence electrons. The first-order valence-corrected chi connectivity index (χ1v) is 8.99. The van der Waals surface area contributed by atoms with Crippen molar-refractivity contribution in [2.24, 2.45) is 0 Å². The topological polar surface area (TPSA) is 0 Å². The fraction of sp³-hybridized carbons (Fsp3) is 0.333. The Hall–Kier alpha value is -0.830. The molecule has 0 aliphatic heterocycles. The molecule has 0 saturated heterocycles. The van der Waals surface area contributed by atoms with E-state index < -0.39 is 0 Å². The molecule has 0 nitrogen and oxygen atoms in total. The second-order valence-corrected chi connectivity index (χ2v) is 8.67. The monoisotopic (exact) mass is 365 g/mol. The first-order valence-electron chi connectivity index (χ1n) is 6.83. The van der Waals surface area contributed by atoms with Gasteiger partial charge in [0.05, 0.1) is 0 Å². The summed E-state index contributed by atoms with van der Waals surface area (Å²) >= 11 is -0.0381. The summed E-state index contributed by atoms with van der Waals surface area (Å²) in [7, 11) is 0. The van der Waals surface area contributed by atoms with Gasteiger partial charge in [-0.1, -0.05) is 0 Å². The molecule has 19 heavy (non-hydrogen) atoms. The van der Waals surface area contributed by atoms with E-state index in [0.717, 1.165) is 0 Å². The van der Waals surface area contributed by atoms with Crippen molar-refractivity contribution < 1.29 is 21.2 Å². The molecule has 0 heterocycles. The van der Waals surface area contributed by atoms with Crippen molar-refractivity contribution >= 4 is 0 Å². The number of aryl methyl sites for hydroxylation is 1. The van der Waals surface area contributed by atoms with E-state index in [2.05, 4.69) is 76.2 Å². The van der Waals surface area contributed by atoms with Crippen LogP contribution in [0, 0.1) is 14.1 Å². The molecule has 0 radical (unpaired) electrons. The van der Waals surface area contributed by atoms with Gasteiger partial charge in [-0.05, 0) is 0 Å². The minimum absolute atomic E-state index is 0.0381. The van der Waals surface area contributed by atoms with Crippen molar-refractivity contribution in [1.82, 2.24) is 0 Å². The van der Waals surface area contributed by atoms with Gasteiger partial charge in [-0.2, -0.15) is 0 Å². The Morgan fingerprint density at radius 2 is 1.32 bits per heavy atom.